The van der Waals surface area contributed by atoms with E-state index >= 15 is 0 Å². The quantitative estimate of drug-likeness (QED) is 0.927. The van der Waals surface area contributed by atoms with Gasteiger partial charge in [-0.2, -0.15) is 0 Å². The van der Waals surface area contributed by atoms with Crippen molar-refractivity contribution in [3.63, 3.8) is 0 Å². The average molecular weight is 290 g/mol. The number of likely N-dealkylation sites (tertiary alicyclic amines) is 1. The van der Waals surface area contributed by atoms with Crippen LogP contribution in [0.4, 0.5) is 4.79 Å². The molecular formula is C16H22N2O3. The van der Waals surface area contributed by atoms with Gasteiger partial charge in [0, 0.05) is 12.6 Å². The minimum Gasteiger partial charge on any atom is -0.410 e. The third-order valence-corrected chi connectivity index (χ3v) is 3.74. The Hall–Kier alpha value is -2.04. The van der Waals surface area contributed by atoms with E-state index in [-0.39, 0.29) is 11.9 Å². The number of benzene rings is 1. The van der Waals surface area contributed by atoms with Crippen molar-refractivity contribution in [3.05, 3.63) is 30.3 Å². The maximum Gasteiger partial charge on any atom is 0.415 e. The highest BCUT2D eigenvalue weighted by atomic mass is 16.6. The number of hydrogen-bond donors (Lipinski definition) is 1. The topological polar surface area (TPSA) is 58.6 Å². The zero-order chi connectivity index (χ0) is 15.2. The van der Waals surface area contributed by atoms with Gasteiger partial charge in [-0.05, 0) is 38.3 Å². The van der Waals surface area contributed by atoms with Crippen LogP contribution in [-0.2, 0) is 4.79 Å². The van der Waals surface area contributed by atoms with E-state index in [0.29, 0.717) is 18.7 Å². The summed E-state index contributed by atoms with van der Waals surface area (Å²) >= 11 is 0. The van der Waals surface area contributed by atoms with Crippen molar-refractivity contribution in [1.82, 2.24) is 10.2 Å². The predicted octanol–water partition coefficient (Wildman–Crippen LogP) is 2.56. The monoisotopic (exact) mass is 290 g/mol. The van der Waals surface area contributed by atoms with E-state index in [0.717, 1.165) is 12.8 Å². The first-order chi connectivity index (χ1) is 10.1. The second kappa shape index (κ2) is 7.11. The van der Waals surface area contributed by atoms with Gasteiger partial charge in [-0.3, -0.25) is 9.69 Å². The van der Waals surface area contributed by atoms with Gasteiger partial charge in [0.1, 0.15) is 11.8 Å². The van der Waals surface area contributed by atoms with Crippen LogP contribution in [0.3, 0.4) is 0 Å². The molecular weight excluding hydrogens is 268 g/mol. The molecule has 0 bridgehead atoms. The van der Waals surface area contributed by atoms with Crippen LogP contribution in [0.25, 0.3) is 0 Å². The van der Waals surface area contributed by atoms with E-state index in [2.05, 4.69) is 5.32 Å². The van der Waals surface area contributed by atoms with E-state index in [1.807, 2.05) is 19.9 Å². The Kier molecular flexibility index (Phi) is 5.20. The fraction of sp³-hybridized carbons (Fsp3) is 0.500. The van der Waals surface area contributed by atoms with Crippen molar-refractivity contribution in [2.75, 3.05) is 6.54 Å². The molecule has 5 heteroatoms. The number of nitrogens with zero attached hydrogens (tertiary/aromatic N) is 1. The van der Waals surface area contributed by atoms with Gasteiger partial charge < -0.3 is 10.1 Å². The predicted molar refractivity (Wildman–Crippen MR) is 80.1 cm³/mol. The van der Waals surface area contributed by atoms with Crippen LogP contribution in [0.5, 0.6) is 5.75 Å². The molecule has 1 aromatic rings. The molecule has 1 saturated heterocycles. The van der Waals surface area contributed by atoms with Crippen molar-refractivity contribution in [2.24, 2.45) is 0 Å². The number of carbonyl (C=O) groups is 2. The van der Waals surface area contributed by atoms with Crippen LogP contribution in [0, 0.1) is 0 Å². The molecule has 2 amide bonds. The van der Waals surface area contributed by atoms with Crippen LogP contribution in [-0.4, -0.2) is 35.5 Å². The molecule has 1 aliphatic heterocycles. The Morgan fingerprint density at radius 2 is 2.10 bits per heavy atom. The minimum absolute atomic E-state index is 0.0909. The highest BCUT2D eigenvalue weighted by molar-refractivity contribution is 5.86. The molecule has 0 radical (unpaired) electrons. The summed E-state index contributed by atoms with van der Waals surface area (Å²) in [4.78, 5) is 25.9. The molecule has 2 atom stereocenters. The van der Waals surface area contributed by atoms with Crippen molar-refractivity contribution in [1.29, 1.82) is 0 Å². The molecule has 1 aromatic carbocycles. The van der Waals surface area contributed by atoms with Gasteiger partial charge in [-0.1, -0.05) is 25.1 Å². The van der Waals surface area contributed by atoms with Crippen molar-refractivity contribution in [3.8, 4) is 5.75 Å². The molecule has 1 heterocycles. The van der Waals surface area contributed by atoms with E-state index in [1.165, 1.54) is 4.90 Å². The van der Waals surface area contributed by atoms with E-state index in [4.69, 9.17) is 4.74 Å². The second-order valence-corrected chi connectivity index (χ2v) is 5.35. The van der Waals surface area contributed by atoms with Gasteiger partial charge in [0.25, 0.3) is 0 Å². The SMILES string of the molecule is CC[C@H](C)NC(=O)[C@@H]1CCCN1C(=O)Oc1ccccc1. The lowest BCUT2D eigenvalue weighted by Crippen LogP contribution is -2.48. The summed E-state index contributed by atoms with van der Waals surface area (Å²) in [7, 11) is 0. The van der Waals surface area contributed by atoms with Crippen LogP contribution in [0.1, 0.15) is 33.1 Å². The number of nitrogens with one attached hydrogen (secondary N) is 1. The molecule has 1 N–H and O–H groups in total. The molecule has 2 rings (SSSR count). The average Bonchev–Trinajstić information content (AvgIpc) is 2.97. The molecule has 0 aliphatic carbocycles. The molecule has 114 valence electrons. The Labute approximate surface area is 125 Å². The van der Waals surface area contributed by atoms with Crippen molar-refractivity contribution in [2.45, 2.75) is 45.2 Å². The van der Waals surface area contributed by atoms with Crippen LogP contribution >= 0.6 is 0 Å². The molecule has 5 nitrogen and oxygen atoms in total. The maximum absolute atomic E-state index is 12.2. The van der Waals surface area contributed by atoms with Gasteiger partial charge in [-0.15, -0.1) is 0 Å². The molecule has 0 aromatic heterocycles. The summed E-state index contributed by atoms with van der Waals surface area (Å²) in [6, 6.07) is 8.61. The number of amides is 2. The Balaban J connectivity index is 1.97. The zero-order valence-corrected chi connectivity index (χ0v) is 12.5. The summed E-state index contributed by atoms with van der Waals surface area (Å²) in [6.07, 6.45) is 1.92. The Morgan fingerprint density at radius 1 is 1.38 bits per heavy atom. The molecule has 1 fully saturated rings. The molecule has 21 heavy (non-hydrogen) atoms. The number of carbonyl (C=O) groups excluding carboxylic acids is 2. The van der Waals surface area contributed by atoms with E-state index < -0.39 is 12.1 Å². The fourth-order valence-electron chi connectivity index (χ4n) is 2.35. The van der Waals surface area contributed by atoms with Crippen molar-refractivity contribution < 1.29 is 14.3 Å². The third kappa shape index (κ3) is 3.97. The number of para-hydroxylation sites is 1. The van der Waals surface area contributed by atoms with E-state index in [1.54, 1.807) is 24.3 Å². The first kappa shape index (κ1) is 15.4. The van der Waals surface area contributed by atoms with Gasteiger partial charge in [0.2, 0.25) is 5.91 Å². The largest absolute Gasteiger partial charge is 0.415 e. The van der Waals surface area contributed by atoms with E-state index in [9.17, 15) is 9.59 Å². The highest BCUT2D eigenvalue weighted by Gasteiger charge is 2.35. The summed E-state index contributed by atoms with van der Waals surface area (Å²) in [5.74, 6) is 0.405. The van der Waals surface area contributed by atoms with Crippen LogP contribution in [0.2, 0.25) is 0 Å². The van der Waals surface area contributed by atoms with Crippen LogP contribution in [0.15, 0.2) is 30.3 Å². The molecule has 1 aliphatic rings. The zero-order valence-electron chi connectivity index (χ0n) is 12.5. The van der Waals surface area contributed by atoms with Crippen LogP contribution < -0.4 is 10.1 Å². The normalized spacial score (nSPS) is 19.1. The number of rotatable bonds is 4. The maximum atomic E-state index is 12.2. The lowest BCUT2D eigenvalue weighted by atomic mass is 10.2. The summed E-state index contributed by atoms with van der Waals surface area (Å²) in [6.45, 7) is 4.53. The van der Waals surface area contributed by atoms with Gasteiger partial charge in [-0.25, -0.2) is 4.79 Å². The molecule has 0 spiro atoms. The first-order valence-electron chi connectivity index (χ1n) is 7.45. The minimum atomic E-state index is -0.456. The molecule has 0 unspecified atom stereocenters. The highest BCUT2D eigenvalue weighted by Crippen LogP contribution is 2.20. The Bertz CT molecular complexity index is 490. The number of hydrogen-bond acceptors (Lipinski definition) is 3. The summed E-state index contributed by atoms with van der Waals surface area (Å²) < 4.78 is 5.32. The molecule has 0 saturated carbocycles. The lowest BCUT2D eigenvalue weighted by molar-refractivity contribution is -0.125. The third-order valence-electron chi connectivity index (χ3n) is 3.74. The summed E-state index contributed by atoms with van der Waals surface area (Å²) in [5, 5.41) is 2.93. The second-order valence-electron chi connectivity index (χ2n) is 5.35. The summed E-state index contributed by atoms with van der Waals surface area (Å²) in [5.41, 5.74) is 0. The lowest BCUT2D eigenvalue weighted by Gasteiger charge is -2.24. The van der Waals surface area contributed by atoms with Crippen molar-refractivity contribution >= 4 is 12.0 Å². The van der Waals surface area contributed by atoms with Gasteiger partial charge in [0.15, 0.2) is 0 Å². The Morgan fingerprint density at radius 3 is 2.76 bits per heavy atom. The first-order valence-corrected chi connectivity index (χ1v) is 7.45. The van der Waals surface area contributed by atoms with Gasteiger partial charge in [0.05, 0.1) is 0 Å². The van der Waals surface area contributed by atoms with Gasteiger partial charge >= 0.3 is 6.09 Å². The smallest absolute Gasteiger partial charge is 0.410 e. The number of ether oxygens (including phenoxy) is 1. The fourth-order valence-corrected chi connectivity index (χ4v) is 2.35. The standard InChI is InChI=1S/C16H22N2O3/c1-3-12(2)17-15(19)14-10-7-11-18(14)16(20)21-13-8-5-4-6-9-13/h4-6,8-9,12,14H,3,7,10-11H2,1-2H3,(H,17,19)/t12-,14-/m0/s1.